The van der Waals surface area contributed by atoms with Crippen LogP contribution in [0, 0.1) is 17.8 Å². The Bertz CT molecular complexity index is 256. The molecule has 1 rings (SSSR count). The molecule has 0 aromatic rings. The molecule has 5 atom stereocenters. The zero-order chi connectivity index (χ0) is 15.1. The number of hydrogen-bond acceptors (Lipinski definition) is 4. The molecule has 0 amide bonds. The van der Waals surface area contributed by atoms with E-state index in [9.17, 15) is 0 Å². The van der Waals surface area contributed by atoms with Gasteiger partial charge in [-0.05, 0) is 17.8 Å². The molecule has 0 spiro atoms. The molecule has 0 saturated carbocycles. The maximum absolute atomic E-state index is 5.84. The summed E-state index contributed by atoms with van der Waals surface area (Å²) in [5, 5.41) is 0. The molecule has 1 saturated heterocycles. The van der Waals surface area contributed by atoms with Crippen molar-refractivity contribution in [1.29, 1.82) is 0 Å². The van der Waals surface area contributed by atoms with E-state index >= 15 is 0 Å². The van der Waals surface area contributed by atoms with Gasteiger partial charge in [-0.1, -0.05) is 34.1 Å². The highest BCUT2D eigenvalue weighted by atomic mass is 28.3. The minimum atomic E-state index is -1.68. The molecule has 1 fully saturated rings. The predicted molar refractivity (Wildman–Crippen MR) is 83.3 cm³/mol. The second-order valence-electron chi connectivity index (χ2n) is 6.10. The lowest BCUT2D eigenvalue weighted by molar-refractivity contribution is 0.0817. The van der Waals surface area contributed by atoms with E-state index in [1.165, 1.54) is 6.42 Å². The van der Waals surface area contributed by atoms with Crippen LogP contribution in [0.5, 0.6) is 0 Å². The van der Waals surface area contributed by atoms with Crippen LogP contribution in [-0.4, -0.2) is 49.4 Å². The molecule has 0 N–H and O–H groups in total. The second-order valence-corrected chi connectivity index (χ2v) is 8.64. The third kappa shape index (κ3) is 5.45. The van der Waals surface area contributed by atoms with Gasteiger partial charge in [0, 0.05) is 19.8 Å². The van der Waals surface area contributed by atoms with Crippen molar-refractivity contribution in [1.82, 2.24) is 0 Å². The van der Waals surface area contributed by atoms with Gasteiger partial charge in [0.25, 0.3) is 0 Å². The van der Waals surface area contributed by atoms with E-state index in [2.05, 4.69) is 27.7 Å². The summed E-state index contributed by atoms with van der Waals surface area (Å²) < 4.78 is 22.3. The number of epoxide rings is 1. The van der Waals surface area contributed by atoms with E-state index in [4.69, 9.17) is 18.3 Å². The molecule has 1 aliphatic rings. The van der Waals surface area contributed by atoms with Gasteiger partial charge in [0.2, 0.25) is 0 Å². The molecule has 1 aliphatic heterocycles. The first-order valence-corrected chi connectivity index (χ1v) is 9.40. The van der Waals surface area contributed by atoms with E-state index in [0.717, 1.165) is 13.2 Å². The van der Waals surface area contributed by atoms with E-state index in [1.807, 2.05) is 0 Å². The van der Waals surface area contributed by atoms with Crippen LogP contribution in [0.15, 0.2) is 0 Å². The SMILES string of the molecule is CCC(C)C(C)C(C)C(COCC1CO1)[SiH](OC)OC. The van der Waals surface area contributed by atoms with Gasteiger partial charge in [-0.15, -0.1) is 0 Å². The quantitative estimate of drug-likeness (QED) is 0.434. The normalized spacial score (nSPS) is 24.4. The summed E-state index contributed by atoms with van der Waals surface area (Å²) in [6.45, 7) is 11.5. The fourth-order valence-corrected chi connectivity index (χ4v) is 4.73. The number of rotatable bonds is 11. The van der Waals surface area contributed by atoms with Crippen LogP contribution in [-0.2, 0) is 18.3 Å². The van der Waals surface area contributed by atoms with Crippen molar-refractivity contribution < 1.29 is 18.3 Å². The maximum atomic E-state index is 5.84. The lowest BCUT2D eigenvalue weighted by Gasteiger charge is -2.34. The average Bonchev–Trinajstić information content (AvgIpc) is 3.28. The van der Waals surface area contributed by atoms with Crippen molar-refractivity contribution in [2.24, 2.45) is 17.8 Å². The lowest BCUT2D eigenvalue weighted by Crippen LogP contribution is -2.37. The van der Waals surface area contributed by atoms with Crippen molar-refractivity contribution in [3.63, 3.8) is 0 Å². The molecule has 0 aromatic carbocycles. The van der Waals surface area contributed by atoms with Gasteiger partial charge in [-0.2, -0.15) is 0 Å². The second kappa shape index (κ2) is 9.15. The fourth-order valence-electron chi connectivity index (χ4n) is 2.70. The third-order valence-corrected chi connectivity index (χ3v) is 7.30. The van der Waals surface area contributed by atoms with Crippen LogP contribution in [0.4, 0.5) is 0 Å². The minimum absolute atomic E-state index is 0.322. The summed E-state index contributed by atoms with van der Waals surface area (Å²) >= 11 is 0. The van der Waals surface area contributed by atoms with Crippen LogP contribution in [0.3, 0.4) is 0 Å². The standard InChI is InChI=1S/C15H32O4Si/c1-7-11(2)12(3)13(4)15(20(16-5)17-6)10-18-8-14-9-19-14/h11-15,20H,7-10H2,1-6H3. The Morgan fingerprint density at radius 3 is 2.20 bits per heavy atom. The number of hydrogen-bond donors (Lipinski definition) is 0. The van der Waals surface area contributed by atoms with Gasteiger partial charge < -0.3 is 18.3 Å². The Hall–Kier alpha value is 0.0569. The Labute approximate surface area is 126 Å². The molecule has 4 nitrogen and oxygen atoms in total. The number of ether oxygens (including phenoxy) is 2. The van der Waals surface area contributed by atoms with Crippen molar-refractivity contribution in [2.75, 3.05) is 34.0 Å². The van der Waals surface area contributed by atoms with Gasteiger partial charge in [0.15, 0.2) is 0 Å². The monoisotopic (exact) mass is 304 g/mol. The summed E-state index contributed by atoms with van der Waals surface area (Å²) in [4.78, 5) is 0. The van der Waals surface area contributed by atoms with Crippen LogP contribution < -0.4 is 0 Å². The van der Waals surface area contributed by atoms with E-state index in [0.29, 0.717) is 36.0 Å². The van der Waals surface area contributed by atoms with Crippen molar-refractivity contribution in [3.8, 4) is 0 Å². The molecular weight excluding hydrogens is 272 g/mol. The van der Waals surface area contributed by atoms with Gasteiger partial charge >= 0.3 is 9.28 Å². The molecule has 0 bridgehead atoms. The molecular formula is C15H32O4Si. The molecule has 20 heavy (non-hydrogen) atoms. The summed E-state index contributed by atoms with van der Waals surface area (Å²) in [6.07, 6.45) is 1.53. The molecule has 5 heteroatoms. The smallest absolute Gasteiger partial charge is 0.326 e. The molecule has 0 radical (unpaired) electrons. The van der Waals surface area contributed by atoms with Gasteiger partial charge in [-0.3, -0.25) is 0 Å². The highest BCUT2D eigenvalue weighted by Gasteiger charge is 2.35. The first kappa shape index (κ1) is 18.1. The molecule has 0 aromatic heterocycles. The Morgan fingerprint density at radius 1 is 1.15 bits per heavy atom. The van der Waals surface area contributed by atoms with Gasteiger partial charge in [0.05, 0.1) is 19.8 Å². The molecule has 0 aliphatic carbocycles. The van der Waals surface area contributed by atoms with Crippen LogP contribution in [0.2, 0.25) is 5.54 Å². The van der Waals surface area contributed by atoms with Crippen LogP contribution >= 0.6 is 0 Å². The summed E-state index contributed by atoms with van der Waals surface area (Å²) in [5.41, 5.74) is 0.382. The van der Waals surface area contributed by atoms with Crippen molar-refractivity contribution in [3.05, 3.63) is 0 Å². The Balaban J connectivity index is 2.57. The maximum Gasteiger partial charge on any atom is 0.326 e. The first-order chi connectivity index (χ1) is 9.54. The molecule has 1 heterocycles. The molecule has 5 unspecified atom stereocenters. The van der Waals surface area contributed by atoms with E-state index in [1.54, 1.807) is 14.2 Å². The zero-order valence-electron chi connectivity index (χ0n) is 13.9. The lowest BCUT2D eigenvalue weighted by atomic mass is 9.82. The zero-order valence-corrected chi connectivity index (χ0v) is 15.1. The van der Waals surface area contributed by atoms with Gasteiger partial charge in [0.1, 0.15) is 6.10 Å². The first-order valence-electron chi connectivity index (χ1n) is 7.80. The summed E-state index contributed by atoms with van der Waals surface area (Å²) in [5.74, 6) is 1.90. The van der Waals surface area contributed by atoms with Crippen molar-refractivity contribution in [2.45, 2.75) is 45.8 Å². The Morgan fingerprint density at radius 2 is 1.75 bits per heavy atom. The van der Waals surface area contributed by atoms with Crippen molar-refractivity contribution >= 4 is 9.28 Å². The Kier molecular flexibility index (Phi) is 8.29. The topological polar surface area (TPSA) is 40.2 Å². The van der Waals surface area contributed by atoms with Gasteiger partial charge in [-0.25, -0.2) is 0 Å². The van der Waals surface area contributed by atoms with Crippen LogP contribution in [0.25, 0.3) is 0 Å². The third-order valence-electron chi connectivity index (χ3n) is 4.88. The average molecular weight is 305 g/mol. The highest BCUT2D eigenvalue weighted by Crippen LogP contribution is 2.34. The largest absolute Gasteiger partial charge is 0.400 e. The fraction of sp³-hybridized carbons (Fsp3) is 1.00. The summed E-state index contributed by atoms with van der Waals surface area (Å²) in [7, 11) is 1.84. The predicted octanol–water partition coefficient (Wildman–Crippen LogP) is 2.60. The van der Waals surface area contributed by atoms with Crippen LogP contribution in [0.1, 0.15) is 34.1 Å². The van der Waals surface area contributed by atoms with E-state index in [-0.39, 0.29) is 0 Å². The minimum Gasteiger partial charge on any atom is -0.400 e. The summed E-state index contributed by atoms with van der Waals surface area (Å²) in [6, 6.07) is 0. The highest BCUT2D eigenvalue weighted by molar-refractivity contribution is 6.46. The van der Waals surface area contributed by atoms with E-state index < -0.39 is 9.28 Å². The molecule has 120 valence electrons.